The smallest absolute Gasteiger partial charge is 0.407 e. The van der Waals surface area contributed by atoms with E-state index in [9.17, 15) is 9.59 Å². The Morgan fingerprint density at radius 1 is 1.45 bits per heavy atom. The topological polar surface area (TPSA) is 78.9 Å². The molecule has 1 aliphatic rings. The van der Waals surface area contributed by atoms with Crippen molar-refractivity contribution in [2.24, 2.45) is 0 Å². The number of carboxylic acids is 1. The van der Waals surface area contributed by atoms with Crippen LogP contribution in [0.5, 0.6) is 0 Å². The van der Waals surface area contributed by atoms with Gasteiger partial charge in [0.25, 0.3) is 0 Å². The lowest BCUT2D eigenvalue weighted by Crippen LogP contribution is -2.51. The average molecular weight is 286 g/mol. The Hall–Kier alpha value is -1.30. The van der Waals surface area contributed by atoms with Crippen molar-refractivity contribution >= 4 is 12.1 Å². The van der Waals surface area contributed by atoms with Crippen molar-refractivity contribution in [1.29, 1.82) is 0 Å². The van der Waals surface area contributed by atoms with Gasteiger partial charge in [-0.15, -0.1) is 0 Å². The number of carbonyl (C=O) groups excluding carboxylic acids is 1. The van der Waals surface area contributed by atoms with E-state index in [1.54, 1.807) is 0 Å². The molecule has 0 spiro atoms. The maximum absolute atomic E-state index is 11.7. The number of rotatable bonds is 4. The van der Waals surface area contributed by atoms with Crippen LogP contribution in [0.25, 0.3) is 0 Å². The van der Waals surface area contributed by atoms with Crippen LogP contribution in [0.3, 0.4) is 0 Å². The third-order valence-corrected chi connectivity index (χ3v) is 3.27. The molecule has 0 saturated carbocycles. The summed E-state index contributed by atoms with van der Waals surface area (Å²) in [6.45, 7) is 8.94. The van der Waals surface area contributed by atoms with Crippen molar-refractivity contribution < 1.29 is 19.4 Å². The Morgan fingerprint density at radius 3 is 2.65 bits per heavy atom. The highest BCUT2D eigenvalue weighted by Gasteiger charge is 2.27. The molecular weight excluding hydrogens is 260 g/mol. The Bertz CT molecular complexity index is 352. The van der Waals surface area contributed by atoms with Gasteiger partial charge in [-0.25, -0.2) is 4.79 Å². The molecule has 1 heterocycles. The number of hydrogen-bond acceptors (Lipinski definition) is 4. The van der Waals surface area contributed by atoms with Gasteiger partial charge in [-0.05, 0) is 47.1 Å². The molecule has 6 nitrogen and oxygen atoms in total. The van der Waals surface area contributed by atoms with Crippen LogP contribution in [0.2, 0.25) is 0 Å². The molecule has 6 heteroatoms. The van der Waals surface area contributed by atoms with E-state index in [-0.39, 0.29) is 18.5 Å². The van der Waals surface area contributed by atoms with Gasteiger partial charge < -0.3 is 15.2 Å². The van der Waals surface area contributed by atoms with Gasteiger partial charge in [0, 0.05) is 18.6 Å². The number of carbonyl (C=O) groups is 2. The van der Waals surface area contributed by atoms with Gasteiger partial charge in [0.2, 0.25) is 0 Å². The molecule has 0 aromatic heterocycles. The maximum atomic E-state index is 11.7. The van der Waals surface area contributed by atoms with Crippen LogP contribution in [0, 0.1) is 0 Å². The van der Waals surface area contributed by atoms with Gasteiger partial charge in [-0.2, -0.15) is 0 Å². The third-order valence-electron chi connectivity index (χ3n) is 3.27. The van der Waals surface area contributed by atoms with E-state index in [1.807, 2.05) is 27.7 Å². The van der Waals surface area contributed by atoms with Crippen molar-refractivity contribution in [3.8, 4) is 0 Å². The summed E-state index contributed by atoms with van der Waals surface area (Å²) in [5.41, 5.74) is -0.505. The molecule has 0 radical (unpaired) electrons. The van der Waals surface area contributed by atoms with Crippen molar-refractivity contribution in [1.82, 2.24) is 10.2 Å². The van der Waals surface area contributed by atoms with Crippen LogP contribution in [-0.4, -0.2) is 52.8 Å². The van der Waals surface area contributed by atoms with Crippen LogP contribution in [0.1, 0.15) is 47.0 Å². The largest absolute Gasteiger partial charge is 0.481 e. The maximum Gasteiger partial charge on any atom is 0.407 e. The Kier molecular flexibility index (Phi) is 5.80. The van der Waals surface area contributed by atoms with Gasteiger partial charge in [0.1, 0.15) is 5.60 Å². The summed E-state index contributed by atoms with van der Waals surface area (Å²) in [6, 6.07) is 0.00517. The first kappa shape index (κ1) is 16.8. The monoisotopic (exact) mass is 286 g/mol. The normalized spacial score (nSPS) is 22.1. The summed E-state index contributed by atoms with van der Waals surface area (Å²) >= 11 is 0. The number of likely N-dealkylation sites (tertiary alicyclic amines) is 1. The molecule has 1 amide bonds. The highest BCUT2D eigenvalue weighted by Crippen LogP contribution is 2.15. The number of amides is 1. The number of aliphatic carboxylic acids is 1. The minimum Gasteiger partial charge on any atom is -0.481 e. The summed E-state index contributed by atoms with van der Waals surface area (Å²) in [7, 11) is 0. The highest BCUT2D eigenvalue weighted by molar-refractivity contribution is 5.68. The molecular formula is C14H26N2O4. The minimum atomic E-state index is -0.792. The van der Waals surface area contributed by atoms with Gasteiger partial charge in [-0.1, -0.05) is 0 Å². The first-order valence-corrected chi connectivity index (χ1v) is 7.13. The number of ether oxygens (including phenoxy) is 1. The first-order valence-electron chi connectivity index (χ1n) is 7.13. The van der Waals surface area contributed by atoms with Crippen LogP contribution < -0.4 is 5.32 Å². The summed E-state index contributed by atoms with van der Waals surface area (Å²) in [5.74, 6) is -0.792. The molecule has 0 aliphatic carbocycles. The van der Waals surface area contributed by atoms with Gasteiger partial charge in [0.05, 0.1) is 6.42 Å². The summed E-state index contributed by atoms with van der Waals surface area (Å²) in [6.07, 6.45) is 1.56. The molecule has 1 saturated heterocycles. The molecule has 2 unspecified atom stereocenters. The summed E-state index contributed by atoms with van der Waals surface area (Å²) < 4.78 is 5.24. The van der Waals surface area contributed by atoms with E-state index >= 15 is 0 Å². The Labute approximate surface area is 120 Å². The zero-order chi connectivity index (χ0) is 15.3. The van der Waals surface area contributed by atoms with Crippen molar-refractivity contribution in [2.75, 3.05) is 13.1 Å². The predicted octanol–water partition coefficient (Wildman–Crippen LogP) is 1.84. The molecule has 2 N–H and O–H groups in total. The number of nitrogens with zero attached hydrogens (tertiary/aromatic N) is 1. The second-order valence-corrected chi connectivity index (χ2v) is 6.43. The van der Waals surface area contributed by atoms with Crippen LogP contribution in [-0.2, 0) is 9.53 Å². The quantitative estimate of drug-likeness (QED) is 0.824. The van der Waals surface area contributed by atoms with Gasteiger partial charge in [-0.3, -0.25) is 9.69 Å². The Balaban J connectivity index is 2.44. The van der Waals surface area contributed by atoms with Gasteiger partial charge in [0.15, 0.2) is 0 Å². The van der Waals surface area contributed by atoms with E-state index in [1.165, 1.54) is 0 Å². The van der Waals surface area contributed by atoms with E-state index in [4.69, 9.17) is 9.84 Å². The lowest BCUT2D eigenvalue weighted by Gasteiger charge is -2.36. The minimum absolute atomic E-state index is 0.0178. The first-order chi connectivity index (χ1) is 9.17. The van der Waals surface area contributed by atoms with Crippen molar-refractivity contribution in [2.45, 2.75) is 64.6 Å². The molecule has 1 rings (SSSR count). The standard InChI is InChI=1S/C14H26N2O4/c1-10(8-12(17)18)16-7-5-6-11(9-16)15-13(19)20-14(2,3)4/h10-11H,5-9H2,1-4H3,(H,15,19)(H,17,18). The SMILES string of the molecule is CC(CC(=O)O)N1CCCC(NC(=O)OC(C)(C)C)C1. The molecule has 20 heavy (non-hydrogen) atoms. The lowest BCUT2D eigenvalue weighted by atomic mass is 10.0. The average Bonchev–Trinajstić information content (AvgIpc) is 2.25. The van der Waals surface area contributed by atoms with Crippen molar-refractivity contribution in [3.63, 3.8) is 0 Å². The van der Waals surface area contributed by atoms with Gasteiger partial charge >= 0.3 is 12.1 Å². The third kappa shape index (κ3) is 6.23. The second kappa shape index (κ2) is 6.92. The Morgan fingerprint density at radius 2 is 2.10 bits per heavy atom. The predicted molar refractivity (Wildman–Crippen MR) is 75.7 cm³/mol. The van der Waals surface area contributed by atoms with E-state index in [0.29, 0.717) is 6.54 Å². The van der Waals surface area contributed by atoms with Crippen LogP contribution >= 0.6 is 0 Å². The fraction of sp³-hybridized carbons (Fsp3) is 0.857. The van der Waals surface area contributed by atoms with Crippen LogP contribution in [0.15, 0.2) is 0 Å². The number of nitrogens with one attached hydrogen (secondary N) is 1. The van der Waals surface area contributed by atoms with E-state index in [2.05, 4.69) is 10.2 Å². The van der Waals surface area contributed by atoms with Crippen LogP contribution in [0.4, 0.5) is 4.79 Å². The highest BCUT2D eigenvalue weighted by atomic mass is 16.6. The molecule has 1 aliphatic heterocycles. The van der Waals surface area contributed by atoms with E-state index in [0.717, 1.165) is 19.4 Å². The number of hydrogen-bond donors (Lipinski definition) is 2. The molecule has 1 fully saturated rings. The fourth-order valence-electron chi connectivity index (χ4n) is 2.38. The molecule has 0 aromatic rings. The van der Waals surface area contributed by atoms with Crippen molar-refractivity contribution in [3.05, 3.63) is 0 Å². The number of piperidine rings is 1. The fourth-order valence-corrected chi connectivity index (χ4v) is 2.38. The lowest BCUT2D eigenvalue weighted by molar-refractivity contribution is -0.138. The molecule has 116 valence electrons. The number of alkyl carbamates (subject to hydrolysis) is 1. The molecule has 2 atom stereocenters. The van der Waals surface area contributed by atoms with E-state index < -0.39 is 17.7 Å². The number of carboxylic acid groups (broad SMARTS) is 1. The second-order valence-electron chi connectivity index (χ2n) is 6.43. The molecule has 0 aromatic carbocycles. The summed E-state index contributed by atoms with van der Waals surface area (Å²) in [5, 5.41) is 11.7. The molecule has 0 bridgehead atoms. The zero-order valence-corrected chi connectivity index (χ0v) is 12.8. The summed E-state index contributed by atoms with van der Waals surface area (Å²) in [4.78, 5) is 24.6. The zero-order valence-electron chi connectivity index (χ0n) is 12.8.